The number of rotatable bonds is 10. The molecule has 0 atom stereocenters. The van der Waals surface area contributed by atoms with Gasteiger partial charge in [-0.05, 0) is 42.0 Å². The maximum Gasteiger partial charge on any atom is 0.232 e. The van der Waals surface area contributed by atoms with Gasteiger partial charge in [-0.2, -0.15) is 0 Å². The van der Waals surface area contributed by atoms with E-state index in [0.29, 0.717) is 24.9 Å². The van der Waals surface area contributed by atoms with Crippen LogP contribution in [0.2, 0.25) is 0 Å². The van der Waals surface area contributed by atoms with Gasteiger partial charge in [0.05, 0.1) is 26.6 Å². The number of ether oxygens (including phenoxy) is 3. The monoisotopic (exact) mass is 429 g/mol. The standard InChI is InChI=1S/C24H31NO4S/c1-27-22-12-21(13-23(14-22)28-2)16-29-15-19-8-10-25(11-9-19)24(26)18-30-17-20-6-4-3-5-7-20/h3-7,12-14,19H,8-11,15-18H2,1-2H3. The van der Waals surface area contributed by atoms with Crippen LogP contribution in [-0.2, 0) is 21.9 Å². The van der Waals surface area contributed by atoms with Gasteiger partial charge < -0.3 is 19.1 Å². The Bertz CT molecular complexity index is 769. The highest BCUT2D eigenvalue weighted by Crippen LogP contribution is 2.24. The maximum absolute atomic E-state index is 12.5. The summed E-state index contributed by atoms with van der Waals surface area (Å²) in [7, 11) is 3.29. The first-order valence-corrected chi connectivity index (χ1v) is 11.5. The van der Waals surface area contributed by atoms with Gasteiger partial charge in [-0.25, -0.2) is 0 Å². The van der Waals surface area contributed by atoms with Gasteiger partial charge in [-0.15, -0.1) is 11.8 Å². The molecular weight excluding hydrogens is 398 g/mol. The fourth-order valence-electron chi connectivity index (χ4n) is 3.56. The average Bonchev–Trinajstić information content (AvgIpc) is 2.80. The van der Waals surface area contributed by atoms with Gasteiger partial charge in [0, 0.05) is 31.5 Å². The molecule has 6 heteroatoms. The van der Waals surface area contributed by atoms with Crippen LogP contribution < -0.4 is 9.47 Å². The largest absolute Gasteiger partial charge is 0.497 e. The van der Waals surface area contributed by atoms with Gasteiger partial charge in [0.25, 0.3) is 0 Å². The van der Waals surface area contributed by atoms with Crippen molar-refractivity contribution in [3.8, 4) is 11.5 Å². The fourth-order valence-corrected chi connectivity index (χ4v) is 4.45. The number of carbonyl (C=O) groups excluding carboxylic acids is 1. The number of likely N-dealkylation sites (tertiary alicyclic amines) is 1. The van der Waals surface area contributed by atoms with Gasteiger partial charge in [0.1, 0.15) is 11.5 Å². The molecule has 0 N–H and O–H groups in total. The summed E-state index contributed by atoms with van der Waals surface area (Å²) in [5.74, 6) is 3.71. The Labute approximate surface area is 183 Å². The van der Waals surface area contributed by atoms with Crippen molar-refractivity contribution in [2.45, 2.75) is 25.2 Å². The molecule has 0 bridgehead atoms. The number of carbonyl (C=O) groups is 1. The van der Waals surface area contributed by atoms with Crippen molar-refractivity contribution in [2.24, 2.45) is 5.92 Å². The second-order valence-corrected chi connectivity index (χ2v) is 8.52. The van der Waals surface area contributed by atoms with E-state index in [1.54, 1.807) is 26.0 Å². The topological polar surface area (TPSA) is 48.0 Å². The summed E-state index contributed by atoms with van der Waals surface area (Å²) >= 11 is 1.69. The summed E-state index contributed by atoms with van der Waals surface area (Å²) in [5.41, 5.74) is 2.30. The highest BCUT2D eigenvalue weighted by molar-refractivity contribution is 7.99. The zero-order valence-corrected chi connectivity index (χ0v) is 18.7. The van der Waals surface area contributed by atoms with E-state index in [9.17, 15) is 4.79 Å². The SMILES string of the molecule is COc1cc(COCC2CCN(C(=O)CSCc3ccccc3)CC2)cc(OC)c1. The summed E-state index contributed by atoms with van der Waals surface area (Å²) in [5, 5.41) is 0. The van der Waals surface area contributed by atoms with Crippen molar-refractivity contribution in [1.29, 1.82) is 0 Å². The molecule has 2 aromatic carbocycles. The van der Waals surface area contributed by atoms with E-state index in [0.717, 1.165) is 48.7 Å². The van der Waals surface area contributed by atoms with Crippen LogP contribution in [-0.4, -0.2) is 50.5 Å². The van der Waals surface area contributed by atoms with E-state index >= 15 is 0 Å². The molecule has 30 heavy (non-hydrogen) atoms. The maximum atomic E-state index is 12.5. The van der Waals surface area contributed by atoms with Crippen molar-refractivity contribution in [2.75, 3.05) is 39.7 Å². The predicted octanol–water partition coefficient (Wildman–Crippen LogP) is 4.39. The van der Waals surface area contributed by atoms with Gasteiger partial charge in [-0.3, -0.25) is 4.79 Å². The lowest BCUT2D eigenvalue weighted by Crippen LogP contribution is -2.40. The first-order valence-electron chi connectivity index (χ1n) is 10.4. The lowest BCUT2D eigenvalue weighted by Gasteiger charge is -2.32. The van der Waals surface area contributed by atoms with E-state index < -0.39 is 0 Å². The third kappa shape index (κ3) is 6.96. The van der Waals surface area contributed by atoms with E-state index in [1.165, 1.54) is 5.56 Å². The molecule has 1 heterocycles. The molecular formula is C24H31NO4S. The Morgan fingerprint density at radius 2 is 1.67 bits per heavy atom. The molecule has 0 unspecified atom stereocenters. The lowest BCUT2D eigenvalue weighted by molar-refractivity contribution is -0.130. The first kappa shape index (κ1) is 22.5. The molecule has 0 aliphatic carbocycles. The third-order valence-electron chi connectivity index (χ3n) is 5.34. The zero-order valence-electron chi connectivity index (χ0n) is 17.8. The van der Waals surface area contributed by atoms with E-state index in [1.807, 2.05) is 41.3 Å². The van der Waals surface area contributed by atoms with Crippen LogP contribution in [0.25, 0.3) is 0 Å². The molecule has 0 radical (unpaired) electrons. The molecule has 1 amide bonds. The van der Waals surface area contributed by atoms with Crippen LogP contribution >= 0.6 is 11.8 Å². The number of methoxy groups -OCH3 is 2. The number of hydrogen-bond donors (Lipinski definition) is 0. The normalized spacial score (nSPS) is 14.5. The van der Waals surface area contributed by atoms with Gasteiger partial charge >= 0.3 is 0 Å². The van der Waals surface area contributed by atoms with Crippen LogP contribution in [0, 0.1) is 5.92 Å². The molecule has 0 spiro atoms. The predicted molar refractivity (Wildman–Crippen MR) is 121 cm³/mol. The van der Waals surface area contributed by atoms with Crippen LogP contribution in [0.1, 0.15) is 24.0 Å². The summed E-state index contributed by atoms with van der Waals surface area (Å²) < 4.78 is 16.6. The van der Waals surface area contributed by atoms with Crippen molar-refractivity contribution < 1.29 is 19.0 Å². The minimum atomic E-state index is 0.249. The number of thioether (sulfide) groups is 1. The van der Waals surface area contributed by atoms with Crippen molar-refractivity contribution in [1.82, 2.24) is 4.90 Å². The minimum Gasteiger partial charge on any atom is -0.497 e. The summed E-state index contributed by atoms with van der Waals surface area (Å²) in [6, 6.07) is 16.1. The molecule has 1 aliphatic rings. The second-order valence-electron chi connectivity index (χ2n) is 7.54. The third-order valence-corrected chi connectivity index (χ3v) is 6.33. The summed E-state index contributed by atoms with van der Waals surface area (Å²) in [4.78, 5) is 14.5. The highest BCUT2D eigenvalue weighted by atomic mass is 32.2. The van der Waals surface area contributed by atoms with Crippen molar-refractivity contribution in [3.63, 3.8) is 0 Å². The second kappa shape index (κ2) is 11.9. The minimum absolute atomic E-state index is 0.249. The lowest BCUT2D eigenvalue weighted by atomic mass is 9.98. The quantitative estimate of drug-likeness (QED) is 0.561. The Hall–Kier alpha value is -2.18. The number of hydrogen-bond acceptors (Lipinski definition) is 5. The van der Waals surface area contributed by atoms with Gasteiger partial charge in [0.2, 0.25) is 5.91 Å². The molecule has 162 valence electrons. The van der Waals surface area contributed by atoms with Gasteiger partial charge in [0.15, 0.2) is 0 Å². The van der Waals surface area contributed by atoms with E-state index in [-0.39, 0.29) is 5.91 Å². The van der Waals surface area contributed by atoms with Crippen LogP contribution in [0.15, 0.2) is 48.5 Å². The molecule has 1 aliphatic heterocycles. The Balaban J connectivity index is 1.34. The summed E-state index contributed by atoms with van der Waals surface area (Å²) in [6.07, 6.45) is 1.99. The molecule has 1 fully saturated rings. The highest BCUT2D eigenvalue weighted by Gasteiger charge is 2.22. The van der Waals surface area contributed by atoms with Crippen molar-refractivity contribution >= 4 is 17.7 Å². The number of piperidine rings is 1. The molecule has 2 aromatic rings. The van der Waals surface area contributed by atoms with Gasteiger partial charge in [-0.1, -0.05) is 30.3 Å². The number of benzene rings is 2. The molecule has 1 saturated heterocycles. The summed E-state index contributed by atoms with van der Waals surface area (Å²) in [6.45, 7) is 2.89. The average molecular weight is 430 g/mol. The van der Waals surface area contributed by atoms with Crippen LogP contribution in [0.3, 0.4) is 0 Å². The Morgan fingerprint density at radius 1 is 1.00 bits per heavy atom. The smallest absolute Gasteiger partial charge is 0.232 e. The van der Waals surface area contributed by atoms with Crippen LogP contribution in [0.5, 0.6) is 11.5 Å². The Kier molecular flexibility index (Phi) is 8.90. The number of amides is 1. The van der Waals surface area contributed by atoms with Crippen LogP contribution in [0.4, 0.5) is 0 Å². The molecule has 0 saturated carbocycles. The zero-order chi connectivity index (χ0) is 21.2. The first-order chi connectivity index (χ1) is 14.7. The molecule has 5 nitrogen and oxygen atoms in total. The fraction of sp³-hybridized carbons (Fsp3) is 0.458. The van der Waals surface area contributed by atoms with E-state index in [2.05, 4.69) is 12.1 Å². The van der Waals surface area contributed by atoms with Crippen molar-refractivity contribution in [3.05, 3.63) is 59.7 Å². The van der Waals surface area contributed by atoms with E-state index in [4.69, 9.17) is 14.2 Å². The molecule has 3 rings (SSSR count). The molecule has 0 aromatic heterocycles. The number of nitrogens with zero attached hydrogens (tertiary/aromatic N) is 1. The Morgan fingerprint density at radius 3 is 2.30 bits per heavy atom.